The van der Waals surface area contributed by atoms with Crippen LogP contribution >= 0.6 is 12.4 Å². The molecular formula is C19H25ClN2O3S. The van der Waals surface area contributed by atoms with Gasteiger partial charge in [-0.1, -0.05) is 44.2 Å². The predicted molar refractivity (Wildman–Crippen MR) is 108 cm³/mol. The van der Waals surface area contributed by atoms with Crippen LogP contribution in [-0.4, -0.2) is 26.4 Å². The Bertz CT molecular complexity index is 813. The minimum Gasteiger partial charge on any atom is -0.470 e. The third-order valence-corrected chi connectivity index (χ3v) is 6.00. The first-order valence-electron chi connectivity index (χ1n) is 8.58. The number of halogens is 1. The maximum Gasteiger partial charge on any atom is 0.277 e. The van der Waals surface area contributed by atoms with E-state index in [1.165, 1.54) is 4.31 Å². The van der Waals surface area contributed by atoms with E-state index in [9.17, 15) is 8.42 Å². The highest BCUT2D eigenvalue weighted by Gasteiger charge is 2.40. The Kier molecular flexibility index (Phi) is 6.92. The molecule has 2 aromatic rings. The third-order valence-electron chi connectivity index (χ3n) is 4.09. The lowest BCUT2D eigenvalue weighted by molar-refractivity contribution is 0.253. The summed E-state index contributed by atoms with van der Waals surface area (Å²) in [6.07, 6.45) is 1.17. The van der Waals surface area contributed by atoms with E-state index in [1.807, 2.05) is 36.4 Å². The van der Waals surface area contributed by atoms with Crippen LogP contribution in [0, 0.1) is 0 Å². The Hall–Kier alpha value is -1.76. The van der Waals surface area contributed by atoms with E-state index >= 15 is 0 Å². The lowest BCUT2D eigenvalue weighted by atomic mass is 10.2. The van der Waals surface area contributed by atoms with Crippen LogP contribution in [0.4, 0.5) is 11.4 Å². The normalized spacial score (nSPS) is 18.0. The van der Waals surface area contributed by atoms with Crippen LogP contribution in [0.1, 0.15) is 26.7 Å². The first kappa shape index (κ1) is 20.6. The molecule has 7 heteroatoms. The molecule has 1 N–H and O–H groups in total. The first-order chi connectivity index (χ1) is 12.0. The first-order valence-corrected chi connectivity index (χ1v) is 10.1. The van der Waals surface area contributed by atoms with E-state index in [0.717, 1.165) is 13.0 Å². The van der Waals surface area contributed by atoms with Crippen LogP contribution in [0.3, 0.4) is 0 Å². The van der Waals surface area contributed by atoms with E-state index in [4.69, 9.17) is 4.74 Å². The molecule has 0 saturated heterocycles. The van der Waals surface area contributed by atoms with Crippen LogP contribution in [0.15, 0.2) is 54.6 Å². The predicted octanol–water partition coefficient (Wildman–Crippen LogP) is 4.07. The van der Waals surface area contributed by atoms with E-state index in [1.54, 1.807) is 18.2 Å². The molecule has 0 aliphatic carbocycles. The average Bonchev–Trinajstić information content (AvgIpc) is 2.59. The highest BCUT2D eigenvalue weighted by molar-refractivity contribution is 7.93. The fraction of sp³-hybridized carbons (Fsp3) is 0.368. The molecule has 0 radical (unpaired) electrons. The molecule has 2 aromatic carbocycles. The summed E-state index contributed by atoms with van der Waals surface area (Å²) in [7, 11) is -3.65. The minimum absolute atomic E-state index is 0. The maximum atomic E-state index is 13.2. The number of nitrogens with one attached hydrogen (secondary N) is 1. The number of hydrogen-bond donors (Lipinski definition) is 1. The summed E-state index contributed by atoms with van der Waals surface area (Å²) in [5, 5.41) is 3.31. The van der Waals surface area contributed by atoms with Gasteiger partial charge in [0.05, 0.1) is 11.4 Å². The Labute approximate surface area is 161 Å². The number of para-hydroxylation sites is 3. The molecule has 1 heterocycles. The van der Waals surface area contributed by atoms with Crippen molar-refractivity contribution in [3.63, 3.8) is 0 Å². The fourth-order valence-corrected chi connectivity index (χ4v) is 4.66. The molecule has 0 bridgehead atoms. The standard InChI is InChI=1S/C19H24N2O3S.ClH/c1-15(2)20-14-8-13-19-24-18-12-7-6-11-17(18)21(25(19,22)23)16-9-4-3-5-10-16;/h3-7,9-12,15,19-20H,8,13-14H2,1-2H3;1H. The van der Waals surface area contributed by atoms with Crippen molar-refractivity contribution in [3.05, 3.63) is 54.6 Å². The van der Waals surface area contributed by atoms with Gasteiger partial charge in [0.25, 0.3) is 10.0 Å². The lowest BCUT2D eigenvalue weighted by Gasteiger charge is -2.35. The lowest BCUT2D eigenvalue weighted by Crippen LogP contribution is -2.43. The van der Waals surface area contributed by atoms with Gasteiger partial charge in [-0.2, -0.15) is 0 Å². The molecule has 0 fully saturated rings. The van der Waals surface area contributed by atoms with Gasteiger partial charge in [-0.05, 0) is 37.2 Å². The Morgan fingerprint density at radius 3 is 2.42 bits per heavy atom. The van der Waals surface area contributed by atoms with Crippen LogP contribution in [0.2, 0.25) is 0 Å². The molecule has 1 unspecified atom stereocenters. The van der Waals surface area contributed by atoms with Crippen LogP contribution in [0.5, 0.6) is 5.75 Å². The van der Waals surface area contributed by atoms with Gasteiger partial charge in [0.15, 0.2) is 0 Å². The number of hydrogen-bond acceptors (Lipinski definition) is 4. The molecule has 1 aliphatic rings. The number of anilines is 2. The van der Waals surface area contributed by atoms with Crippen molar-refractivity contribution in [1.29, 1.82) is 0 Å². The molecular weight excluding hydrogens is 372 g/mol. The zero-order valence-electron chi connectivity index (χ0n) is 15.0. The van der Waals surface area contributed by atoms with Gasteiger partial charge in [-0.25, -0.2) is 12.7 Å². The average molecular weight is 397 g/mol. The van der Waals surface area contributed by atoms with E-state index in [0.29, 0.717) is 29.6 Å². The van der Waals surface area contributed by atoms with Gasteiger partial charge in [-0.15, -0.1) is 12.4 Å². The zero-order chi connectivity index (χ0) is 17.9. The Morgan fingerprint density at radius 2 is 1.73 bits per heavy atom. The Balaban J connectivity index is 0.00000243. The molecule has 5 nitrogen and oxygen atoms in total. The van der Waals surface area contributed by atoms with Crippen molar-refractivity contribution in [2.75, 3.05) is 10.8 Å². The molecule has 1 aliphatic heterocycles. The van der Waals surface area contributed by atoms with Crippen molar-refractivity contribution >= 4 is 33.8 Å². The van der Waals surface area contributed by atoms with E-state index < -0.39 is 15.5 Å². The van der Waals surface area contributed by atoms with Gasteiger partial charge >= 0.3 is 0 Å². The summed E-state index contributed by atoms with van der Waals surface area (Å²) >= 11 is 0. The van der Waals surface area contributed by atoms with Gasteiger partial charge in [0.2, 0.25) is 5.44 Å². The van der Waals surface area contributed by atoms with Crippen molar-refractivity contribution in [2.45, 2.75) is 38.2 Å². The van der Waals surface area contributed by atoms with Crippen molar-refractivity contribution in [3.8, 4) is 5.75 Å². The molecule has 0 amide bonds. The second-order valence-electron chi connectivity index (χ2n) is 6.41. The number of ether oxygens (including phenoxy) is 1. The van der Waals surface area contributed by atoms with Gasteiger partial charge in [0.1, 0.15) is 5.75 Å². The highest BCUT2D eigenvalue weighted by Crippen LogP contribution is 2.42. The fourth-order valence-electron chi connectivity index (χ4n) is 2.90. The second kappa shape index (κ2) is 8.75. The smallest absolute Gasteiger partial charge is 0.277 e. The number of nitrogens with zero attached hydrogens (tertiary/aromatic N) is 1. The van der Waals surface area contributed by atoms with Gasteiger partial charge < -0.3 is 10.1 Å². The van der Waals surface area contributed by atoms with Gasteiger partial charge in [0, 0.05) is 12.5 Å². The summed E-state index contributed by atoms with van der Waals surface area (Å²) in [4.78, 5) is 0. The summed E-state index contributed by atoms with van der Waals surface area (Å²) in [6.45, 7) is 4.91. The monoisotopic (exact) mass is 396 g/mol. The number of benzene rings is 2. The number of fused-ring (bicyclic) bond motifs is 1. The summed E-state index contributed by atoms with van der Waals surface area (Å²) in [5.41, 5.74) is 0.311. The van der Waals surface area contributed by atoms with Gasteiger partial charge in [-0.3, -0.25) is 0 Å². The molecule has 0 spiro atoms. The molecule has 3 rings (SSSR count). The summed E-state index contributed by atoms with van der Waals surface area (Å²) < 4.78 is 33.6. The van der Waals surface area contributed by atoms with Crippen LogP contribution in [-0.2, 0) is 10.0 Å². The molecule has 142 valence electrons. The topological polar surface area (TPSA) is 58.6 Å². The SMILES string of the molecule is CC(C)NCCCC1Oc2ccccc2N(c2ccccc2)S1(=O)=O.Cl. The largest absolute Gasteiger partial charge is 0.470 e. The van der Waals surface area contributed by atoms with E-state index in [-0.39, 0.29) is 12.4 Å². The van der Waals surface area contributed by atoms with Crippen molar-refractivity contribution < 1.29 is 13.2 Å². The number of sulfonamides is 1. The summed E-state index contributed by atoms with van der Waals surface area (Å²) in [5.74, 6) is 0.600. The van der Waals surface area contributed by atoms with Crippen molar-refractivity contribution in [2.24, 2.45) is 0 Å². The van der Waals surface area contributed by atoms with Crippen LogP contribution < -0.4 is 14.4 Å². The molecule has 1 atom stereocenters. The van der Waals surface area contributed by atoms with Crippen molar-refractivity contribution in [1.82, 2.24) is 5.32 Å². The maximum absolute atomic E-state index is 13.2. The third kappa shape index (κ3) is 4.31. The Morgan fingerprint density at radius 1 is 1.08 bits per heavy atom. The minimum atomic E-state index is -3.65. The highest BCUT2D eigenvalue weighted by atomic mass is 35.5. The second-order valence-corrected chi connectivity index (χ2v) is 8.33. The molecule has 0 saturated carbocycles. The summed E-state index contributed by atoms with van der Waals surface area (Å²) in [6, 6.07) is 16.8. The molecule has 0 aromatic heterocycles. The zero-order valence-corrected chi connectivity index (χ0v) is 16.6. The molecule has 26 heavy (non-hydrogen) atoms. The number of rotatable bonds is 6. The van der Waals surface area contributed by atoms with E-state index in [2.05, 4.69) is 19.2 Å². The quantitative estimate of drug-likeness (QED) is 0.747. The van der Waals surface area contributed by atoms with Crippen LogP contribution in [0.25, 0.3) is 0 Å².